The zero-order chi connectivity index (χ0) is 26.8. The fourth-order valence-electron chi connectivity index (χ4n) is 2.57. The first kappa shape index (κ1) is 31.0. The fraction of sp³-hybridized carbons (Fsp3) is 0.600. The third-order valence-corrected chi connectivity index (χ3v) is 4.72. The van der Waals surface area contributed by atoms with Crippen LogP contribution in [-0.4, -0.2) is 98.0 Å². The second-order valence-corrected chi connectivity index (χ2v) is 7.35. The molecule has 1 rings (SSSR count). The molecule has 1 atom stereocenters. The first-order valence-corrected chi connectivity index (χ1v) is 11.5. The van der Waals surface area contributed by atoms with Crippen molar-refractivity contribution in [2.24, 2.45) is 0 Å². The van der Waals surface area contributed by atoms with E-state index in [2.05, 4.69) is 23.3 Å². The Balaban J connectivity index is 1.97. The van der Waals surface area contributed by atoms with Gasteiger partial charge in [-0.1, -0.05) is 0 Å². The summed E-state index contributed by atoms with van der Waals surface area (Å²) in [6.07, 6.45) is 0.0287. The maximum Gasteiger partial charge on any atom is 0.327 e. The molecule has 0 bridgehead atoms. The molecule has 0 heterocycles. The predicted molar refractivity (Wildman–Crippen MR) is 130 cm³/mol. The number of hydrogen-bond donors (Lipinski definition) is 4. The summed E-state index contributed by atoms with van der Waals surface area (Å²) < 4.78 is 21.3. The number of carboxylic acid groups (broad SMARTS) is 1. The van der Waals surface area contributed by atoms with Crippen molar-refractivity contribution in [3.8, 4) is 0 Å². The molecule has 0 aromatic heterocycles. The number of non-ortho nitro benzene ring substituents is 1. The Morgan fingerprint density at radius 3 is 1.97 bits per heavy atom. The van der Waals surface area contributed by atoms with Crippen LogP contribution in [0.1, 0.15) is 6.42 Å². The summed E-state index contributed by atoms with van der Waals surface area (Å²) in [5.74, 6) is -1.58. The number of amides is 1. The van der Waals surface area contributed by atoms with Crippen LogP contribution < -0.4 is 10.6 Å². The first-order valence-electron chi connectivity index (χ1n) is 10.9. The van der Waals surface area contributed by atoms with Crippen LogP contribution in [-0.2, 0) is 28.5 Å². The number of aliphatic carboxylic acids is 1. The van der Waals surface area contributed by atoms with Gasteiger partial charge in [0.15, 0.2) is 0 Å². The van der Waals surface area contributed by atoms with Crippen LogP contribution >= 0.6 is 12.6 Å². The van der Waals surface area contributed by atoms with Crippen molar-refractivity contribution in [1.82, 2.24) is 5.32 Å². The highest BCUT2D eigenvalue weighted by molar-refractivity contribution is 7.80. The van der Waals surface area contributed by atoms with Gasteiger partial charge in [-0.25, -0.2) is 4.79 Å². The van der Waals surface area contributed by atoms with Crippen molar-refractivity contribution in [2.45, 2.75) is 12.5 Å². The lowest BCUT2D eigenvalue weighted by atomic mass is 10.2. The largest absolute Gasteiger partial charge is 0.480 e. The Hall–Kier alpha value is -3.05. The molecule has 202 valence electrons. The van der Waals surface area contributed by atoms with Crippen molar-refractivity contribution >= 4 is 41.6 Å². The Morgan fingerprint density at radius 1 is 0.917 bits per heavy atom. The van der Waals surface area contributed by atoms with E-state index in [0.717, 1.165) is 6.07 Å². The number of nitro groups is 2. The molecule has 16 heteroatoms. The van der Waals surface area contributed by atoms with Gasteiger partial charge in [0.25, 0.3) is 11.4 Å². The van der Waals surface area contributed by atoms with Gasteiger partial charge >= 0.3 is 5.97 Å². The third-order valence-electron chi connectivity index (χ3n) is 4.36. The second kappa shape index (κ2) is 18.3. The van der Waals surface area contributed by atoms with Gasteiger partial charge in [-0.15, -0.1) is 0 Å². The number of nitro benzene ring substituents is 2. The highest BCUT2D eigenvalue weighted by Gasteiger charge is 2.19. The lowest BCUT2D eigenvalue weighted by Crippen LogP contribution is -2.42. The second-order valence-electron chi connectivity index (χ2n) is 6.98. The molecule has 0 fully saturated rings. The van der Waals surface area contributed by atoms with E-state index in [4.69, 9.17) is 24.1 Å². The number of rotatable bonds is 21. The molecular weight excluding hydrogens is 504 g/mol. The van der Waals surface area contributed by atoms with Crippen molar-refractivity contribution in [2.75, 3.05) is 70.5 Å². The molecule has 1 aromatic carbocycles. The summed E-state index contributed by atoms with van der Waals surface area (Å²) in [5.41, 5.74) is -0.587. The number of nitrogens with one attached hydrogen (secondary N) is 2. The van der Waals surface area contributed by atoms with Gasteiger partial charge in [0.2, 0.25) is 5.91 Å². The van der Waals surface area contributed by atoms with Gasteiger partial charge in [-0.3, -0.25) is 25.0 Å². The third kappa shape index (κ3) is 13.1. The molecule has 0 aliphatic rings. The summed E-state index contributed by atoms with van der Waals surface area (Å²) in [6.45, 7) is 2.49. The Morgan fingerprint density at radius 2 is 1.47 bits per heavy atom. The van der Waals surface area contributed by atoms with Crippen molar-refractivity contribution < 1.29 is 43.5 Å². The van der Waals surface area contributed by atoms with Gasteiger partial charge in [-0.2, -0.15) is 12.6 Å². The number of carbonyl (C=O) groups is 2. The standard InChI is InChI=1S/C20H30N4O11S/c25-19(22-17(14-36)20(26)27)3-5-32-7-9-34-11-12-35-10-8-33-6-4-21-16-2-1-15(23(28)29)13-18(16)24(30)31/h1-2,13,17,21,36H,3-12,14H2,(H,22,25)(H,26,27). The van der Waals surface area contributed by atoms with Gasteiger partial charge in [0.1, 0.15) is 11.7 Å². The number of carboxylic acids is 1. The summed E-state index contributed by atoms with van der Waals surface area (Å²) >= 11 is 3.86. The quantitative estimate of drug-likeness (QED) is 0.0751. The van der Waals surface area contributed by atoms with E-state index in [9.17, 15) is 29.8 Å². The topological polar surface area (TPSA) is 202 Å². The molecule has 0 aliphatic heterocycles. The molecule has 1 unspecified atom stereocenters. The summed E-state index contributed by atoms with van der Waals surface area (Å²) in [6, 6.07) is 2.33. The minimum atomic E-state index is -1.15. The molecule has 0 saturated heterocycles. The van der Waals surface area contributed by atoms with E-state index in [-0.39, 0.29) is 55.6 Å². The number of thiol groups is 1. The molecule has 36 heavy (non-hydrogen) atoms. The number of nitrogens with zero attached hydrogens (tertiary/aromatic N) is 2. The van der Waals surface area contributed by atoms with Crippen LogP contribution in [0.25, 0.3) is 0 Å². The van der Waals surface area contributed by atoms with Gasteiger partial charge in [-0.05, 0) is 6.07 Å². The number of anilines is 1. The summed E-state index contributed by atoms with van der Waals surface area (Å²) in [7, 11) is 0. The van der Waals surface area contributed by atoms with Gasteiger partial charge in [0, 0.05) is 24.8 Å². The molecule has 0 radical (unpaired) electrons. The first-order chi connectivity index (χ1) is 17.3. The highest BCUT2D eigenvalue weighted by Crippen LogP contribution is 2.28. The maximum atomic E-state index is 11.6. The Kier molecular flexibility index (Phi) is 15.7. The summed E-state index contributed by atoms with van der Waals surface area (Å²) in [4.78, 5) is 42.8. The van der Waals surface area contributed by atoms with Crippen LogP contribution in [0, 0.1) is 20.2 Å². The van der Waals surface area contributed by atoms with E-state index in [1.54, 1.807) is 0 Å². The van der Waals surface area contributed by atoms with Crippen molar-refractivity contribution in [3.05, 3.63) is 38.4 Å². The molecular formula is C20H30N4O11S. The van der Waals surface area contributed by atoms with Gasteiger partial charge in [0.05, 0.1) is 68.8 Å². The lowest BCUT2D eigenvalue weighted by molar-refractivity contribution is -0.393. The van der Waals surface area contributed by atoms with Crippen LogP contribution in [0.4, 0.5) is 17.1 Å². The summed E-state index contributed by atoms with van der Waals surface area (Å²) in [5, 5.41) is 35.8. The average molecular weight is 535 g/mol. The normalized spacial score (nSPS) is 11.6. The van der Waals surface area contributed by atoms with Crippen LogP contribution in [0.15, 0.2) is 18.2 Å². The molecule has 3 N–H and O–H groups in total. The number of ether oxygens (including phenoxy) is 4. The Labute approximate surface area is 212 Å². The molecule has 0 spiro atoms. The SMILES string of the molecule is O=C(CCOCCOCCOCCOCCNc1ccc([N+](=O)[O-])cc1[N+](=O)[O-])NC(CS)C(=O)O. The zero-order valence-electron chi connectivity index (χ0n) is 19.5. The monoisotopic (exact) mass is 534 g/mol. The van der Waals surface area contributed by atoms with E-state index < -0.39 is 27.8 Å². The average Bonchev–Trinajstić information content (AvgIpc) is 2.84. The molecule has 0 saturated carbocycles. The minimum Gasteiger partial charge on any atom is -0.480 e. The predicted octanol–water partition coefficient (Wildman–Crippen LogP) is 0.871. The van der Waals surface area contributed by atoms with E-state index in [0.29, 0.717) is 33.0 Å². The Bertz CT molecular complexity index is 859. The van der Waals surface area contributed by atoms with E-state index in [1.807, 2.05) is 0 Å². The minimum absolute atomic E-state index is 0.00177. The van der Waals surface area contributed by atoms with Crippen LogP contribution in [0.2, 0.25) is 0 Å². The van der Waals surface area contributed by atoms with Crippen LogP contribution in [0.5, 0.6) is 0 Å². The maximum absolute atomic E-state index is 11.6. The van der Waals surface area contributed by atoms with Crippen molar-refractivity contribution in [3.63, 3.8) is 0 Å². The van der Waals surface area contributed by atoms with Crippen LogP contribution in [0.3, 0.4) is 0 Å². The highest BCUT2D eigenvalue weighted by atomic mass is 32.1. The fourth-order valence-corrected chi connectivity index (χ4v) is 2.82. The van der Waals surface area contributed by atoms with Gasteiger partial charge < -0.3 is 34.7 Å². The molecule has 1 amide bonds. The zero-order valence-corrected chi connectivity index (χ0v) is 20.4. The number of carbonyl (C=O) groups excluding carboxylic acids is 1. The molecule has 15 nitrogen and oxygen atoms in total. The molecule has 1 aromatic rings. The van der Waals surface area contributed by atoms with E-state index in [1.165, 1.54) is 12.1 Å². The van der Waals surface area contributed by atoms with Crippen molar-refractivity contribution in [1.29, 1.82) is 0 Å². The lowest BCUT2D eigenvalue weighted by Gasteiger charge is -2.12. The molecule has 0 aliphatic carbocycles. The smallest absolute Gasteiger partial charge is 0.327 e. The number of benzene rings is 1. The number of hydrogen-bond acceptors (Lipinski definition) is 12. The van der Waals surface area contributed by atoms with E-state index >= 15 is 0 Å².